The molecule has 0 saturated carbocycles. The number of anilines is 4. The second kappa shape index (κ2) is 27.0. The standard InChI is InChI=1S/C30H34N6OS.C23H29N3O2.C22H27N3O2/c1-29(2,3)18-30(4,5)35-26-24(20-10-7-6-8-11-20)34-25-21(12-9-15-36(25)26)27(37)32-17-19-13-14-22-23(16-19)38-28(31)33-22;1-22(2,3)15-23(4,5)25-20-18(16-11-8-7-9-12-16)24-19-17(21(27)28-6)13-10-14-26(19)20;1-21(2,3)14-22(4,5)24-19-17(15-10-7-6-8-11-15)23-18-16(20(26)27)12-9-13-25(18)19/h6-16,35H,17-18H2,1-5H3,(H2,31,33)(H,32,37);7-14,25H,15H2,1-6H3;6-13,24H,14H2,1-5H3,(H,26,27). The van der Waals surface area contributed by atoms with Crippen LogP contribution in [0.2, 0.25) is 0 Å². The Morgan fingerprint density at radius 3 is 1.23 bits per heavy atom. The first kappa shape index (κ1) is 67.8. The molecule has 11 rings (SSSR count). The Morgan fingerprint density at radius 1 is 0.484 bits per heavy atom. The number of aromatic carboxylic acids is 1. The summed E-state index contributed by atoms with van der Waals surface area (Å²) in [5.41, 5.74) is 15.7. The zero-order valence-electron chi connectivity index (χ0n) is 56.6. The van der Waals surface area contributed by atoms with Crippen LogP contribution in [0.15, 0.2) is 164 Å². The first-order valence-corrected chi connectivity index (χ1v) is 32.3. The normalized spacial score (nSPS) is 12.3. The van der Waals surface area contributed by atoms with Crippen LogP contribution < -0.4 is 27.0 Å². The second-order valence-electron chi connectivity index (χ2n) is 29.4. The molecule has 0 fully saturated rings. The van der Waals surface area contributed by atoms with E-state index in [9.17, 15) is 19.5 Å². The minimum Gasteiger partial charge on any atom is -0.478 e. The maximum atomic E-state index is 13.4. The number of carboxylic acid groups (broad SMARTS) is 1. The SMILES string of the molecule is CC(C)(C)CC(C)(C)Nc1c(-c2ccccc2)nc2c(C(=O)NCc3ccc4nc(N)sc4c3)cccn12.CC(C)(C)CC(C)(C)Nc1c(-c2ccccc2)nc2c(C(=O)O)cccn12.COC(=O)c1cccn2c(NC(C)(C)CC(C)(C)C)c(-c3ccccc3)nc12. The number of nitrogens with two attached hydrogens (primary N) is 1. The van der Waals surface area contributed by atoms with Gasteiger partial charge in [-0.25, -0.2) is 29.5 Å². The number of nitrogens with zero attached hydrogens (tertiary/aromatic N) is 7. The summed E-state index contributed by atoms with van der Waals surface area (Å²) in [5.74, 6) is 1.02. The lowest BCUT2D eigenvalue weighted by Crippen LogP contribution is -2.36. The predicted octanol–water partition coefficient (Wildman–Crippen LogP) is 17.5. The summed E-state index contributed by atoms with van der Waals surface area (Å²) in [6.07, 6.45) is 8.62. The lowest BCUT2D eigenvalue weighted by atomic mass is 9.81. The highest BCUT2D eigenvalue weighted by Crippen LogP contribution is 2.39. The quantitative estimate of drug-likeness (QED) is 0.0468. The smallest absolute Gasteiger partial charge is 0.341 e. The van der Waals surface area contributed by atoms with Gasteiger partial charge in [-0.05, 0) is 131 Å². The van der Waals surface area contributed by atoms with E-state index in [-0.39, 0.29) is 44.3 Å². The number of fused-ring (bicyclic) bond motifs is 4. The fourth-order valence-electron chi connectivity index (χ4n) is 13.0. The number of amides is 1. The van der Waals surface area contributed by atoms with Crippen molar-refractivity contribution in [3.8, 4) is 33.8 Å². The monoisotopic (exact) mass is 1270 g/mol. The van der Waals surface area contributed by atoms with Crippen LogP contribution in [-0.4, -0.2) is 79.8 Å². The molecule has 7 aromatic heterocycles. The summed E-state index contributed by atoms with van der Waals surface area (Å²) in [6, 6.07) is 46.5. The van der Waals surface area contributed by atoms with Gasteiger partial charge in [0.1, 0.15) is 45.7 Å². The van der Waals surface area contributed by atoms with Gasteiger partial charge in [-0.3, -0.25) is 18.0 Å². The molecule has 0 atom stereocenters. The van der Waals surface area contributed by atoms with Gasteiger partial charge in [-0.1, -0.05) is 171 Å². The zero-order chi connectivity index (χ0) is 67.4. The number of rotatable bonds is 17. The first-order chi connectivity index (χ1) is 43.7. The van der Waals surface area contributed by atoms with Crippen LogP contribution >= 0.6 is 11.3 Å². The third kappa shape index (κ3) is 16.9. The summed E-state index contributed by atoms with van der Waals surface area (Å²) in [6.45, 7) is 33.6. The molecule has 0 aliphatic rings. The molecule has 7 N–H and O–H groups in total. The number of pyridine rings is 3. The summed E-state index contributed by atoms with van der Waals surface area (Å²) in [4.78, 5) is 56.2. The Kier molecular flexibility index (Phi) is 19.7. The number of hydrogen-bond acceptors (Lipinski definition) is 13. The number of thiazole rings is 1. The van der Waals surface area contributed by atoms with Crippen LogP contribution in [0.25, 0.3) is 60.9 Å². The number of carboxylic acids is 1. The van der Waals surface area contributed by atoms with E-state index in [2.05, 4.69) is 130 Å². The average molecular weight is 1270 g/mol. The van der Waals surface area contributed by atoms with Crippen molar-refractivity contribution in [1.82, 2.24) is 38.5 Å². The number of carbonyl (C=O) groups is 3. The fourth-order valence-corrected chi connectivity index (χ4v) is 13.8. The van der Waals surface area contributed by atoms with E-state index in [1.165, 1.54) is 18.4 Å². The predicted molar refractivity (Wildman–Crippen MR) is 381 cm³/mol. The molecule has 7 heterocycles. The van der Waals surface area contributed by atoms with Gasteiger partial charge in [0.25, 0.3) is 5.91 Å². The highest BCUT2D eigenvalue weighted by Gasteiger charge is 2.32. The molecule has 0 aliphatic heterocycles. The minimum absolute atomic E-state index is 0.142. The number of imidazole rings is 3. The van der Waals surface area contributed by atoms with E-state index in [1.54, 1.807) is 18.2 Å². The maximum Gasteiger partial charge on any atom is 0.341 e. The van der Waals surface area contributed by atoms with Crippen molar-refractivity contribution in [2.45, 2.75) is 146 Å². The zero-order valence-corrected chi connectivity index (χ0v) is 57.4. The van der Waals surface area contributed by atoms with Crippen molar-refractivity contribution >= 4 is 78.9 Å². The van der Waals surface area contributed by atoms with Crippen LogP contribution in [-0.2, 0) is 11.3 Å². The van der Waals surface area contributed by atoms with Gasteiger partial charge >= 0.3 is 11.9 Å². The van der Waals surface area contributed by atoms with Crippen molar-refractivity contribution < 1.29 is 24.2 Å². The van der Waals surface area contributed by atoms with Gasteiger partial charge in [-0.2, -0.15) is 0 Å². The van der Waals surface area contributed by atoms with Crippen molar-refractivity contribution in [2.75, 3.05) is 28.8 Å². The summed E-state index contributed by atoms with van der Waals surface area (Å²) < 4.78 is 11.7. The van der Waals surface area contributed by atoms with Crippen LogP contribution in [0, 0.1) is 16.2 Å². The number of aromatic nitrogens is 7. The van der Waals surface area contributed by atoms with E-state index in [4.69, 9.17) is 25.4 Å². The van der Waals surface area contributed by atoms with E-state index in [1.807, 2.05) is 159 Å². The van der Waals surface area contributed by atoms with E-state index in [0.717, 1.165) is 86.3 Å². The van der Waals surface area contributed by atoms with E-state index < -0.39 is 11.9 Å². The van der Waals surface area contributed by atoms with Gasteiger partial charge in [0.2, 0.25) is 0 Å². The van der Waals surface area contributed by atoms with Crippen molar-refractivity contribution in [3.05, 3.63) is 186 Å². The van der Waals surface area contributed by atoms with Gasteiger partial charge in [0.05, 0.1) is 22.9 Å². The summed E-state index contributed by atoms with van der Waals surface area (Å²) >= 11 is 1.44. The lowest BCUT2D eigenvalue weighted by Gasteiger charge is -2.34. The Bertz CT molecular complexity index is 4450. The lowest BCUT2D eigenvalue weighted by molar-refractivity contribution is 0.0601. The second-order valence-corrected chi connectivity index (χ2v) is 30.5. The largest absolute Gasteiger partial charge is 0.478 e. The highest BCUT2D eigenvalue weighted by molar-refractivity contribution is 7.22. The maximum absolute atomic E-state index is 13.4. The average Bonchev–Trinajstić information content (AvgIpc) is 1.64. The van der Waals surface area contributed by atoms with Crippen LogP contribution in [0.3, 0.4) is 0 Å². The van der Waals surface area contributed by atoms with Crippen molar-refractivity contribution in [1.29, 1.82) is 0 Å². The molecule has 17 nitrogen and oxygen atoms in total. The number of hydrogen-bond donors (Lipinski definition) is 6. The van der Waals surface area contributed by atoms with Gasteiger partial charge < -0.3 is 36.8 Å². The minimum atomic E-state index is -0.981. The van der Waals surface area contributed by atoms with Crippen molar-refractivity contribution in [3.63, 3.8) is 0 Å². The van der Waals surface area contributed by atoms with Gasteiger partial charge in [-0.15, -0.1) is 0 Å². The molecule has 0 bridgehead atoms. The molecule has 0 radical (unpaired) electrons. The first-order valence-electron chi connectivity index (χ1n) is 31.5. The highest BCUT2D eigenvalue weighted by atomic mass is 32.1. The molecular weight excluding hydrogens is 1180 g/mol. The van der Waals surface area contributed by atoms with E-state index >= 15 is 0 Å². The molecule has 0 saturated heterocycles. The molecule has 0 spiro atoms. The molecule has 18 heteroatoms. The molecule has 486 valence electrons. The Balaban J connectivity index is 0.000000168. The third-order valence-electron chi connectivity index (χ3n) is 15.2. The number of ether oxygens (including phenoxy) is 1. The van der Waals surface area contributed by atoms with Gasteiger partial charge in [0.15, 0.2) is 22.1 Å². The molecule has 0 aliphatic carbocycles. The summed E-state index contributed by atoms with van der Waals surface area (Å²) in [5, 5.41) is 24.3. The molecule has 93 heavy (non-hydrogen) atoms. The molecule has 1 amide bonds. The van der Waals surface area contributed by atoms with Crippen LogP contribution in [0.5, 0.6) is 0 Å². The van der Waals surface area contributed by atoms with Crippen LogP contribution in [0.4, 0.5) is 22.6 Å². The van der Waals surface area contributed by atoms with E-state index in [0.29, 0.717) is 39.7 Å². The molecule has 0 unspecified atom stereocenters. The number of nitrogen functional groups attached to an aromatic ring is 1. The fraction of sp³-hybridized carbons (Fsp3) is 0.347. The van der Waals surface area contributed by atoms with Crippen molar-refractivity contribution in [2.24, 2.45) is 16.2 Å². The number of esters is 1. The Morgan fingerprint density at radius 2 is 0.849 bits per heavy atom. The molecule has 4 aromatic carbocycles. The topological polar surface area (TPSA) is 220 Å². The van der Waals surface area contributed by atoms with Gasteiger partial charge in [0, 0.05) is 58.4 Å². The molecule has 11 aromatic rings. The molecular formula is C75H90N12O5S. The van der Waals surface area contributed by atoms with Crippen LogP contribution in [0.1, 0.15) is 160 Å². The Labute approximate surface area is 550 Å². The third-order valence-corrected chi connectivity index (χ3v) is 16.0. The number of nitrogens with one attached hydrogen (secondary N) is 4. The number of methoxy groups -OCH3 is 1. The number of carbonyl (C=O) groups excluding carboxylic acids is 2. The number of benzene rings is 4. The summed E-state index contributed by atoms with van der Waals surface area (Å²) in [7, 11) is 1.39. The Hall–Kier alpha value is -9.55.